The molecule has 2 aromatic carbocycles. The molecule has 2 saturated heterocycles. The lowest BCUT2D eigenvalue weighted by Gasteiger charge is -2.35. The minimum atomic E-state index is -0.181. The third-order valence-electron chi connectivity index (χ3n) is 6.00. The summed E-state index contributed by atoms with van der Waals surface area (Å²) in [6.45, 7) is 4.40. The minimum absolute atomic E-state index is 0.152. The van der Waals surface area contributed by atoms with Crippen LogP contribution in [-0.2, 0) is 11.3 Å². The Bertz CT molecular complexity index is 915. The average molecular weight is 473 g/mol. The molecule has 2 atom stereocenters. The van der Waals surface area contributed by atoms with E-state index >= 15 is 0 Å². The van der Waals surface area contributed by atoms with Crippen LogP contribution in [0.25, 0.3) is 0 Å². The molecule has 3 aliphatic rings. The molecule has 2 fully saturated rings. The van der Waals surface area contributed by atoms with Gasteiger partial charge in [-0.3, -0.25) is 9.69 Å². The maximum absolute atomic E-state index is 13.0. The van der Waals surface area contributed by atoms with Gasteiger partial charge in [-0.05, 0) is 41.8 Å². The number of halogens is 1. The zero-order valence-electron chi connectivity index (χ0n) is 16.6. The highest BCUT2D eigenvalue weighted by molar-refractivity contribution is 9.10. The summed E-state index contributed by atoms with van der Waals surface area (Å²) in [4.78, 5) is 17.4. The molecule has 1 amide bonds. The predicted molar refractivity (Wildman–Crippen MR) is 116 cm³/mol. The van der Waals surface area contributed by atoms with Crippen LogP contribution in [0.2, 0.25) is 0 Å². The largest absolute Gasteiger partial charge is 0.454 e. The van der Waals surface area contributed by atoms with Crippen LogP contribution in [0.4, 0.5) is 0 Å². The zero-order chi connectivity index (χ0) is 20.5. The van der Waals surface area contributed by atoms with Gasteiger partial charge in [0.25, 0.3) is 0 Å². The molecule has 7 nitrogen and oxygen atoms in total. The van der Waals surface area contributed by atoms with E-state index in [0.717, 1.165) is 55.1 Å². The van der Waals surface area contributed by atoms with Crippen molar-refractivity contribution in [1.82, 2.24) is 20.7 Å². The number of hydrogen-bond donors (Lipinski definition) is 2. The fourth-order valence-electron chi connectivity index (χ4n) is 4.28. The molecular weight excluding hydrogens is 448 g/mol. The van der Waals surface area contributed by atoms with E-state index in [1.54, 1.807) is 0 Å². The third kappa shape index (κ3) is 4.18. The molecule has 30 heavy (non-hydrogen) atoms. The monoisotopic (exact) mass is 472 g/mol. The summed E-state index contributed by atoms with van der Waals surface area (Å²) in [5, 5.41) is 0. The number of carbonyl (C=O) groups excluding carboxylic acids is 1. The van der Waals surface area contributed by atoms with Crippen LogP contribution < -0.4 is 20.3 Å². The maximum Gasteiger partial charge on any atom is 0.241 e. The minimum Gasteiger partial charge on any atom is -0.454 e. The van der Waals surface area contributed by atoms with Crippen LogP contribution in [-0.4, -0.2) is 54.7 Å². The molecule has 8 heteroatoms. The molecule has 0 saturated carbocycles. The Morgan fingerprint density at radius 2 is 1.77 bits per heavy atom. The van der Waals surface area contributed by atoms with Gasteiger partial charge in [-0.1, -0.05) is 34.1 Å². The van der Waals surface area contributed by atoms with Crippen molar-refractivity contribution in [2.45, 2.75) is 25.0 Å². The second-order valence-corrected chi connectivity index (χ2v) is 8.89. The Labute approximate surface area is 184 Å². The first-order valence-corrected chi connectivity index (χ1v) is 11.1. The lowest BCUT2D eigenvalue weighted by molar-refractivity contribution is -0.135. The van der Waals surface area contributed by atoms with Crippen molar-refractivity contribution >= 4 is 21.8 Å². The van der Waals surface area contributed by atoms with Crippen molar-refractivity contribution in [2.24, 2.45) is 0 Å². The lowest BCUT2D eigenvalue weighted by Crippen LogP contribution is -2.53. The van der Waals surface area contributed by atoms with Crippen LogP contribution in [0.3, 0.4) is 0 Å². The molecule has 3 heterocycles. The molecule has 0 aromatic heterocycles. The number of carbonyl (C=O) groups is 1. The number of nitrogens with zero attached hydrogens (tertiary/aromatic N) is 2. The van der Waals surface area contributed by atoms with Gasteiger partial charge in [0.1, 0.15) is 6.04 Å². The van der Waals surface area contributed by atoms with Gasteiger partial charge in [0.2, 0.25) is 12.7 Å². The molecule has 158 valence electrons. The Morgan fingerprint density at radius 3 is 2.57 bits per heavy atom. The second kappa shape index (κ2) is 8.55. The van der Waals surface area contributed by atoms with Crippen LogP contribution in [0.5, 0.6) is 11.5 Å². The van der Waals surface area contributed by atoms with Crippen molar-refractivity contribution in [1.29, 1.82) is 0 Å². The summed E-state index contributed by atoms with van der Waals surface area (Å²) in [6, 6.07) is 14.3. The number of piperazine rings is 1. The standard InChI is InChI=1S/C22H25BrN4O3/c23-17-4-2-16(3-5-17)18-12-19(25-24-18)22(28)27-9-7-26(8-10-27)13-15-1-6-20-21(11-15)30-14-29-20/h1-6,11,18-19,24-25H,7-10,12-14H2. The Balaban J connectivity index is 1.12. The average Bonchev–Trinajstić information content (AvgIpc) is 3.44. The number of benzene rings is 2. The molecule has 2 unspecified atom stereocenters. The van der Waals surface area contributed by atoms with Crippen LogP contribution in [0, 0.1) is 0 Å². The number of ether oxygens (including phenoxy) is 2. The van der Waals surface area contributed by atoms with Gasteiger partial charge in [-0.15, -0.1) is 0 Å². The summed E-state index contributed by atoms with van der Waals surface area (Å²) < 4.78 is 11.9. The highest BCUT2D eigenvalue weighted by Crippen LogP contribution is 2.33. The molecule has 0 aliphatic carbocycles. The number of nitrogens with one attached hydrogen (secondary N) is 2. The lowest BCUT2D eigenvalue weighted by atomic mass is 10.0. The van der Waals surface area contributed by atoms with E-state index in [9.17, 15) is 4.79 Å². The van der Waals surface area contributed by atoms with Crippen LogP contribution >= 0.6 is 15.9 Å². The highest BCUT2D eigenvalue weighted by Gasteiger charge is 2.34. The first kappa shape index (κ1) is 19.8. The fraction of sp³-hybridized carbons (Fsp3) is 0.409. The Morgan fingerprint density at radius 1 is 1.00 bits per heavy atom. The van der Waals surface area contributed by atoms with E-state index in [0.29, 0.717) is 6.79 Å². The van der Waals surface area contributed by atoms with E-state index < -0.39 is 0 Å². The van der Waals surface area contributed by atoms with E-state index in [4.69, 9.17) is 9.47 Å². The molecule has 0 radical (unpaired) electrons. The van der Waals surface area contributed by atoms with Crippen molar-refractivity contribution in [3.05, 3.63) is 58.1 Å². The van der Waals surface area contributed by atoms with Gasteiger partial charge in [0.15, 0.2) is 11.5 Å². The van der Waals surface area contributed by atoms with Gasteiger partial charge in [0.05, 0.1) is 0 Å². The molecule has 3 aliphatic heterocycles. The van der Waals surface area contributed by atoms with Gasteiger partial charge < -0.3 is 14.4 Å². The van der Waals surface area contributed by atoms with Gasteiger partial charge >= 0.3 is 0 Å². The maximum atomic E-state index is 13.0. The van der Waals surface area contributed by atoms with E-state index in [2.05, 4.69) is 55.9 Å². The Kier molecular flexibility index (Phi) is 5.64. The normalized spacial score (nSPS) is 23.7. The van der Waals surface area contributed by atoms with Gasteiger partial charge in [0, 0.05) is 43.2 Å². The molecule has 5 rings (SSSR count). The number of hydrazine groups is 1. The molecule has 2 N–H and O–H groups in total. The highest BCUT2D eigenvalue weighted by atomic mass is 79.9. The van der Waals surface area contributed by atoms with Gasteiger partial charge in [-0.25, -0.2) is 10.9 Å². The molecule has 2 aromatic rings. The van der Waals surface area contributed by atoms with Crippen LogP contribution in [0.1, 0.15) is 23.6 Å². The van der Waals surface area contributed by atoms with Crippen molar-refractivity contribution in [2.75, 3.05) is 33.0 Å². The number of rotatable bonds is 4. The van der Waals surface area contributed by atoms with Crippen molar-refractivity contribution in [3.63, 3.8) is 0 Å². The van der Waals surface area contributed by atoms with E-state index in [1.165, 1.54) is 11.1 Å². The zero-order valence-corrected chi connectivity index (χ0v) is 18.2. The quantitative estimate of drug-likeness (QED) is 0.712. The topological polar surface area (TPSA) is 66.1 Å². The molecular formula is C22H25BrN4O3. The first-order valence-electron chi connectivity index (χ1n) is 10.3. The SMILES string of the molecule is O=C(C1CC(c2ccc(Br)cc2)NN1)N1CCN(Cc2ccc3c(c2)OCO3)CC1. The number of fused-ring (bicyclic) bond motifs is 1. The number of amides is 1. The molecule has 0 bridgehead atoms. The second-order valence-electron chi connectivity index (χ2n) is 7.97. The molecule has 0 spiro atoms. The van der Waals surface area contributed by atoms with Crippen molar-refractivity contribution in [3.8, 4) is 11.5 Å². The smallest absolute Gasteiger partial charge is 0.241 e. The summed E-state index contributed by atoms with van der Waals surface area (Å²) in [5.74, 6) is 1.82. The predicted octanol–water partition coefficient (Wildman–Crippen LogP) is 2.43. The van der Waals surface area contributed by atoms with Crippen molar-refractivity contribution < 1.29 is 14.3 Å². The van der Waals surface area contributed by atoms with E-state index in [1.807, 2.05) is 23.1 Å². The fourth-order valence-corrected chi connectivity index (χ4v) is 4.54. The summed E-state index contributed by atoms with van der Waals surface area (Å²) >= 11 is 3.47. The summed E-state index contributed by atoms with van der Waals surface area (Å²) in [5.41, 5.74) is 8.87. The summed E-state index contributed by atoms with van der Waals surface area (Å²) in [6.07, 6.45) is 0.762. The van der Waals surface area contributed by atoms with E-state index in [-0.39, 0.29) is 18.0 Å². The van der Waals surface area contributed by atoms with Crippen LogP contribution in [0.15, 0.2) is 46.9 Å². The summed E-state index contributed by atoms with van der Waals surface area (Å²) in [7, 11) is 0. The third-order valence-corrected chi connectivity index (χ3v) is 6.53. The first-order chi connectivity index (χ1) is 14.7. The Hall–Kier alpha value is -2.13. The number of hydrogen-bond acceptors (Lipinski definition) is 6. The van der Waals surface area contributed by atoms with Gasteiger partial charge in [-0.2, -0.15) is 0 Å².